The van der Waals surface area contributed by atoms with E-state index in [4.69, 9.17) is 4.99 Å². The minimum atomic E-state index is 0. The Morgan fingerprint density at radius 3 is 2.55 bits per heavy atom. The molecule has 0 atom stereocenters. The molecular formula is C21H34IN7. The highest BCUT2D eigenvalue weighted by Gasteiger charge is 2.09. The molecule has 2 aromatic heterocycles. The predicted octanol–water partition coefficient (Wildman–Crippen LogP) is 3.04. The highest BCUT2D eigenvalue weighted by atomic mass is 127. The van der Waals surface area contributed by atoms with E-state index in [0.29, 0.717) is 6.54 Å². The second-order valence-corrected chi connectivity index (χ2v) is 7.39. The van der Waals surface area contributed by atoms with Crippen molar-refractivity contribution >= 4 is 29.9 Å². The molecule has 29 heavy (non-hydrogen) atoms. The Kier molecular flexibility index (Phi) is 9.86. The molecule has 0 saturated carbocycles. The molecule has 2 N–H and O–H groups in total. The summed E-state index contributed by atoms with van der Waals surface area (Å²) in [5.41, 5.74) is 3.17. The third-order valence-electron chi connectivity index (χ3n) is 4.97. The number of guanidine groups is 1. The van der Waals surface area contributed by atoms with Crippen LogP contribution in [-0.4, -0.2) is 58.3 Å². The number of halogens is 1. The molecule has 0 amide bonds. The number of aromatic nitrogens is 3. The molecule has 1 fully saturated rings. The number of rotatable bonds is 7. The molecule has 0 spiro atoms. The van der Waals surface area contributed by atoms with E-state index in [-0.39, 0.29) is 24.0 Å². The minimum absolute atomic E-state index is 0. The SMILES string of the molecule is CCNC(=NCc1ccc(-n2nc(C)cc2C)nc1)NCCN1CCCCC1.I. The van der Waals surface area contributed by atoms with Crippen LogP contribution in [0.5, 0.6) is 0 Å². The number of aliphatic imine (C=N–C) groups is 1. The van der Waals surface area contributed by atoms with Gasteiger partial charge in [-0.3, -0.25) is 0 Å². The molecule has 1 aliphatic heterocycles. The van der Waals surface area contributed by atoms with E-state index in [1.807, 2.05) is 30.8 Å². The highest BCUT2D eigenvalue weighted by Crippen LogP contribution is 2.11. The average Bonchev–Trinajstić information content (AvgIpc) is 3.05. The fraction of sp³-hybridized carbons (Fsp3) is 0.571. The van der Waals surface area contributed by atoms with Crippen molar-refractivity contribution < 1.29 is 0 Å². The minimum Gasteiger partial charge on any atom is -0.357 e. The van der Waals surface area contributed by atoms with Crippen molar-refractivity contribution in [2.75, 3.05) is 32.7 Å². The first-order valence-corrected chi connectivity index (χ1v) is 10.4. The lowest BCUT2D eigenvalue weighted by Gasteiger charge is -2.26. The molecule has 1 aliphatic rings. The molecule has 0 aliphatic carbocycles. The van der Waals surface area contributed by atoms with Gasteiger partial charge in [-0.25, -0.2) is 14.7 Å². The number of nitrogens with one attached hydrogen (secondary N) is 2. The van der Waals surface area contributed by atoms with E-state index >= 15 is 0 Å². The monoisotopic (exact) mass is 511 g/mol. The van der Waals surface area contributed by atoms with Crippen LogP contribution in [0.4, 0.5) is 0 Å². The van der Waals surface area contributed by atoms with Gasteiger partial charge < -0.3 is 15.5 Å². The van der Waals surface area contributed by atoms with E-state index in [1.54, 1.807) is 0 Å². The van der Waals surface area contributed by atoms with Gasteiger partial charge in [-0.2, -0.15) is 5.10 Å². The normalized spacial score (nSPS) is 15.1. The molecular weight excluding hydrogens is 477 g/mol. The van der Waals surface area contributed by atoms with Crippen molar-refractivity contribution in [3.63, 3.8) is 0 Å². The van der Waals surface area contributed by atoms with Crippen LogP contribution in [0.15, 0.2) is 29.4 Å². The highest BCUT2D eigenvalue weighted by molar-refractivity contribution is 14.0. The van der Waals surface area contributed by atoms with Crippen molar-refractivity contribution in [1.29, 1.82) is 0 Å². The van der Waals surface area contributed by atoms with Gasteiger partial charge in [-0.05, 0) is 64.4 Å². The first-order valence-electron chi connectivity index (χ1n) is 10.4. The number of hydrogen-bond donors (Lipinski definition) is 2. The Balaban J connectivity index is 0.00000300. The summed E-state index contributed by atoms with van der Waals surface area (Å²) in [6.07, 6.45) is 5.91. The third kappa shape index (κ3) is 7.26. The molecule has 0 bridgehead atoms. The summed E-state index contributed by atoms with van der Waals surface area (Å²) in [7, 11) is 0. The van der Waals surface area contributed by atoms with Crippen molar-refractivity contribution in [1.82, 2.24) is 30.3 Å². The zero-order valence-corrected chi connectivity index (χ0v) is 20.1. The van der Waals surface area contributed by atoms with Gasteiger partial charge in [0, 0.05) is 31.5 Å². The molecule has 7 nitrogen and oxygen atoms in total. The number of likely N-dealkylation sites (tertiary alicyclic amines) is 1. The van der Waals surface area contributed by atoms with Crippen LogP contribution < -0.4 is 10.6 Å². The van der Waals surface area contributed by atoms with Gasteiger partial charge in [-0.1, -0.05) is 12.5 Å². The van der Waals surface area contributed by atoms with Crippen LogP contribution in [0.3, 0.4) is 0 Å². The summed E-state index contributed by atoms with van der Waals surface area (Å²) in [6, 6.07) is 6.12. The van der Waals surface area contributed by atoms with Crippen molar-refractivity contribution in [3.8, 4) is 5.82 Å². The number of aryl methyl sites for hydroxylation is 2. The zero-order chi connectivity index (χ0) is 19.8. The topological polar surface area (TPSA) is 70.4 Å². The number of nitrogens with zero attached hydrogens (tertiary/aromatic N) is 5. The molecule has 0 aromatic carbocycles. The number of pyridine rings is 1. The van der Waals surface area contributed by atoms with Crippen LogP contribution in [0.1, 0.15) is 43.1 Å². The average molecular weight is 511 g/mol. The second-order valence-electron chi connectivity index (χ2n) is 7.39. The predicted molar refractivity (Wildman–Crippen MR) is 129 cm³/mol. The third-order valence-corrected chi connectivity index (χ3v) is 4.97. The standard InChI is InChI=1S/C21H33N7.HI/c1-4-22-21(23-10-13-27-11-6-5-7-12-27)25-16-19-8-9-20(24-15-19)28-18(3)14-17(2)26-28;/h8-9,14-15H,4-7,10-13,16H2,1-3H3,(H2,22,23,25);1H. The van der Waals surface area contributed by atoms with Gasteiger partial charge in [0.1, 0.15) is 0 Å². The van der Waals surface area contributed by atoms with Crippen molar-refractivity contribution in [2.45, 2.75) is 46.6 Å². The Morgan fingerprint density at radius 2 is 1.93 bits per heavy atom. The fourth-order valence-corrected chi connectivity index (χ4v) is 3.52. The quantitative estimate of drug-likeness (QED) is 0.340. The van der Waals surface area contributed by atoms with Gasteiger partial charge in [-0.15, -0.1) is 24.0 Å². The van der Waals surface area contributed by atoms with Gasteiger partial charge in [0.15, 0.2) is 11.8 Å². The zero-order valence-electron chi connectivity index (χ0n) is 17.8. The molecule has 160 valence electrons. The Hall–Kier alpha value is -1.68. The van der Waals surface area contributed by atoms with Crippen LogP contribution in [0.25, 0.3) is 5.82 Å². The second kappa shape index (κ2) is 12.1. The summed E-state index contributed by atoms with van der Waals surface area (Å²) in [4.78, 5) is 11.8. The summed E-state index contributed by atoms with van der Waals surface area (Å²) in [5, 5.41) is 11.3. The van der Waals surface area contributed by atoms with E-state index in [0.717, 1.165) is 48.4 Å². The Morgan fingerprint density at radius 1 is 1.14 bits per heavy atom. The first kappa shape index (κ1) is 23.6. The largest absolute Gasteiger partial charge is 0.357 e. The van der Waals surface area contributed by atoms with Crippen LogP contribution in [0, 0.1) is 13.8 Å². The fourth-order valence-electron chi connectivity index (χ4n) is 3.52. The molecule has 0 radical (unpaired) electrons. The van der Waals surface area contributed by atoms with Gasteiger partial charge in [0.05, 0.1) is 12.2 Å². The Bertz CT molecular complexity index is 764. The maximum Gasteiger partial charge on any atom is 0.191 e. The van der Waals surface area contributed by atoms with Crippen LogP contribution in [0.2, 0.25) is 0 Å². The molecule has 3 heterocycles. The summed E-state index contributed by atoms with van der Waals surface area (Å²) in [5.74, 6) is 1.70. The van der Waals surface area contributed by atoms with E-state index < -0.39 is 0 Å². The summed E-state index contributed by atoms with van der Waals surface area (Å²) >= 11 is 0. The van der Waals surface area contributed by atoms with Crippen LogP contribution >= 0.6 is 24.0 Å². The number of piperidine rings is 1. The van der Waals surface area contributed by atoms with Gasteiger partial charge in [0.25, 0.3) is 0 Å². The number of hydrogen-bond acceptors (Lipinski definition) is 4. The van der Waals surface area contributed by atoms with E-state index in [9.17, 15) is 0 Å². The van der Waals surface area contributed by atoms with Crippen molar-refractivity contribution in [3.05, 3.63) is 41.3 Å². The maximum absolute atomic E-state index is 4.70. The van der Waals surface area contributed by atoms with Gasteiger partial charge >= 0.3 is 0 Å². The molecule has 2 aromatic rings. The lowest BCUT2D eigenvalue weighted by Crippen LogP contribution is -2.42. The first-order chi connectivity index (χ1) is 13.7. The molecule has 3 rings (SSSR count). The maximum atomic E-state index is 4.70. The van der Waals surface area contributed by atoms with Crippen LogP contribution in [-0.2, 0) is 6.54 Å². The smallest absolute Gasteiger partial charge is 0.191 e. The Labute approximate surface area is 191 Å². The summed E-state index contributed by atoms with van der Waals surface area (Å²) < 4.78 is 1.87. The lowest BCUT2D eigenvalue weighted by molar-refractivity contribution is 0.232. The van der Waals surface area contributed by atoms with E-state index in [1.165, 1.54) is 32.4 Å². The molecule has 0 unspecified atom stereocenters. The molecule has 8 heteroatoms. The van der Waals surface area contributed by atoms with Gasteiger partial charge in [0.2, 0.25) is 0 Å². The van der Waals surface area contributed by atoms with E-state index in [2.05, 4.69) is 44.7 Å². The lowest BCUT2D eigenvalue weighted by atomic mass is 10.1. The molecule has 1 saturated heterocycles. The van der Waals surface area contributed by atoms with Crippen molar-refractivity contribution in [2.24, 2.45) is 4.99 Å². The summed E-state index contributed by atoms with van der Waals surface area (Å²) in [6.45, 7) is 12.0.